The monoisotopic (exact) mass is 312 g/mol. The average Bonchev–Trinajstić information content (AvgIpc) is 3.01. The number of carbonyl (C=O) groups is 1. The fraction of sp³-hybridized carbons (Fsp3) is 0.133. The predicted octanol–water partition coefficient (Wildman–Crippen LogP) is 2.82. The second kappa shape index (κ2) is 5.84. The lowest BCUT2D eigenvalue weighted by Crippen LogP contribution is -2.25. The molecule has 1 N–H and O–H groups in total. The molecule has 2 heterocycles. The number of aromatic nitrogens is 1. The number of amides is 1. The molecule has 0 saturated heterocycles. The minimum atomic E-state index is -1.16. The molecule has 0 aliphatic carbocycles. The topological polar surface area (TPSA) is 109 Å². The van der Waals surface area contributed by atoms with Crippen molar-refractivity contribution in [2.24, 2.45) is 5.10 Å². The first-order valence-corrected chi connectivity index (χ1v) is 6.80. The van der Waals surface area contributed by atoms with Gasteiger partial charge in [-0.3, -0.25) is 15.1 Å². The molecule has 1 atom stereocenters. The Kier molecular flexibility index (Phi) is 3.71. The number of hydrogen-bond acceptors (Lipinski definition) is 5. The van der Waals surface area contributed by atoms with Gasteiger partial charge in [-0.05, 0) is 29.3 Å². The summed E-state index contributed by atoms with van der Waals surface area (Å²) in [6.45, 7) is 0. The van der Waals surface area contributed by atoms with Gasteiger partial charge in [0.1, 0.15) is 0 Å². The molecule has 1 aromatic carbocycles. The molecule has 1 aromatic heterocycles. The summed E-state index contributed by atoms with van der Waals surface area (Å²) in [7, 11) is 0. The SMILES string of the molecule is O=C(O)N1N=C(c2ccc([N+](=O)[O-])cc2)C[C@@H]1c1cccnc1. The summed E-state index contributed by atoms with van der Waals surface area (Å²) in [5, 5.41) is 25.2. The molecule has 8 heteroatoms. The van der Waals surface area contributed by atoms with Crippen molar-refractivity contribution in [2.45, 2.75) is 12.5 Å². The first-order chi connectivity index (χ1) is 11.1. The minimum absolute atomic E-state index is 0.0220. The number of carboxylic acid groups (broad SMARTS) is 1. The van der Waals surface area contributed by atoms with E-state index in [1.165, 1.54) is 12.1 Å². The molecule has 0 radical (unpaired) electrons. The van der Waals surface area contributed by atoms with Crippen molar-refractivity contribution in [3.8, 4) is 0 Å². The molecule has 1 aliphatic rings. The second-order valence-electron chi connectivity index (χ2n) is 4.98. The van der Waals surface area contributed by atoms with E-state index in [4.69, 9.17) is 0 Å². The van der Waals surface area contributed by atoms with Gasteiger partial charge in [-0.2, -0.15) is 10.1 Å². The molecule has 0 spiro atoms. The van der Waals surface area contributed by atoms with Crippen LogP contribution in [-0.2, 0) is 0 Å². The zero-order valence-electron chi connectivity index (χ0n) is 11.9. The van der Waals surface area contributed by atoms with Gasteiger partial charge in [0.25, 0.3) is 5.69 Å². The number of rotatable bonds is 3. The normalized spacial score (nSPS) is 17.0. The fourth-order valence-corrected chi connectivity index (χ4v) is 2.47. The van der Waals surface area contributed by atoms with Crippen molar-refractivity contribution in [1.29, 1.82) is 0 Å². The Morgan fingerprint density at radius 3 is 2.61 bits per heavy atom. The third-order valence-electron chi connectivity index (χ3n) is 3.59. The molecule has 23 heavy (non-hydrogen) atoms. The Balaban J connectivity index is 1.90. The molecule has 116 valence electrons. The van der Waals surface area contributed by atoms with Gasteiger partial charge >= 0.3 is 6.09 Å². The van der Waals surface area contributed by atoms with Crippen LogP contribution in [-0.4, -0.2) is 31.8 Å². The standard InChI is InChI=1S/C15H12N4O4/c20-15(21)18-14(11-2-1-7-16-9-11)8-13(17-18)10-3-5-12(6-4-10)19(22)23/h1-7,9,14H,8H2,(H,20,21)/t14-/m1/s1. The van der Waals surface area contributed by atoms with Gasteiger partial charge in [0.15, 0.2) is 0 Å². The largest absolute Gasteiger partial charge is 0.464 e. The van der Waals surface area contributed by atoms with Gasteiger partial charge < -0.3 is 5.11 Å². The van der Waals surface area contributed by atoms with Gasteiger partial charge in [0, 0.05) is 30.9 Å². The van der Waals surface area contributed by atoms with Gasteiger partial charge in [-0.15, -0.1) is 0 Å². The molecule has 0 bridgehead atoms. The summed E-state index contributed by atoms with van der Waals surface area (Å²) in [4.78, 5) is 25.6. The van der Waals surface area contributed by atoms with E-state index in [-0.39, 0.29) is 5.69 Å². The van der Waals surface area contributed by atoms with E-state index in [0.29, 0.717) is 17.7 Å². The van der Waals surface area contributed by atoms with Crippen LogP contribution in [0.15, 0.2) is 53.9 Å². The lowest BCUT2D eigenvalue weighted by molar-refractivity contribution is -0.384. The van der Waals surface area contributed by atoms with Crippen molar-refractivity contribution in [3.05, 3.63) is 70.0 Å². The number of hydrazone groups is 1. The van der Waals surface area contributed by atoms with E-state index in [9.17, 15) is 20.0 Å². The van der Waals surface area contributed by atoms with Gasteiger partial charge in [-0.25, -0.2) is 4.79 Å². The zero-order valence-corrected chi connectivity index (χ0v) is 11.9. The van der Waals surface area contributed by atoms with Crippen molar-refractivity contribution >= 4 is 17.5 Å². The number of hydrogen-bond donors (Lipinski definition) is 1. The Morgan fingerprint density at radius 2 is 2.04 bits per heavy atom. The second-order valence-corrected chi connectivity index (χ2v) is 4.98. The molecule has 8 nitrogen and oxygen atoms in total. The van der Waals surface area contributed by atoms with Crippen molar-refractivity contribution < 1.29 is 14.8 Å². The summed E-state index contributed by atoms with van der Waals surface area (Å²) in [6, 6.07) is 8.97. The maximum atomic E-state index is 11.4. The molecule has 0 fully saturated rings. The molecular formula is C15H12N4O4. The number of non-ortho nitro benzene ring substituents is 1. The maximum Gasteiger partial charge on any atom is 0.428 e. The fourth-order valence-electron chi connectivity index (χ4n) is 2.47. The highest BCUT2D eigenvalue weighted by atomic mass is 16.6. The molecular weight excluding hydrogens is 300 g/mol. The summed E-state index contributed by atoms with van der Waals surface area (Å²) in [5.74, 6) is 0. The van der Waals surface area contributed by atoms with E-state index >= 15 is 0 Å². The van der Waals surface area contributed by atoms with Gasteiger partial charge in [-0.1, -0.05) is 6.07 Å². The Bertz CT molecular complexity index is 774. The number of nitrogens with zero attached hydrogens (tertiary/aromatic N) is 4. The zero-order chi connectivity index (χ0) is 16.4. The minimum Gasteiger partial charge on any atom is -0.464 e. The highest BCUT2D eigenvalue weighted by Gasteiger charge is 2.33. The highest BCUT2D eigenvalue weighted by Crippen LogP contribution is 2.32. The number of nitro groups is 1. The van der Waals surface area contributed by atoms with Crippen LogP contribution in [0.25, 0.3) is 0 Å². The quantitative estimate of drug-likeness (QED) is 0.692. The molecule has 0 unspecified atom stereocenters. The lowest BCUT2D eigenvalue weighted by Gasteiger charge is -2.18. The van der Waals surface area contributed by atoms with Crippen LogP contribution < -0.4 is 0 Å². The maximum absolute atomic E-state index is 11.4. The average molecular weight is 312 g/mol. The predicted molar refractivity (Wildman–Crippen MR) is 81.1 cm³/mol. The molecule has 1 aliphatic heterocycles. The smallest absolute Gasteiger partial charge is 0.428 e. The Labute approximate surface area is 130 Å². The Hall–Kier alpha value is -3.29. The summed E-state index contributed by atoms with van der Waals surface area (Å²) >= 11 is 0. The van der Waals surface area contributed by atoms with Crippen LogP contribution in [0.1, 0.15) is 23.6 Å². The third kappa shape index (κ3) is 2.86. The lowest BCUT2D eigenvalue weighted by atomic mass is 9.99. The molecule has 2 aromatic rings. The number of nitro benzene ring substituents is 1. The van der Waals surface area contributed by atoms with Gasteiger partial charge in [0.2, 0.25) is 0 Å². The van der Waals surface area contributed by atoms with Crippen LogP contribution in [0.2, 0.25) is 0 Å². The summed E-state index contributed by atoms with van der Waals surface area (Å²) in [5.41, 5.74) is 1.95. The Morgan fingerprint density at radius 1 is 1.30 bits per heavy atom. The summed E-state index contributed by atoms with van der Waals surface area (Å²) in [6.07, 6.45) is 2.45. The molecule has 3 rings (SSSR count). The van der Waals surface area contributed by atoms with E-state index in [1.807, 2.05) is 0 Å². The van der Waals surface area contributed by atoms with Crippen LogP contribution in [0, 0.1) is 10.1 Å². The van der Waals surface area contributed by atoms with Crippen molar-refractivity contribution in [2.75, 3.05) is 0 Å². The first kappa shape index (κ1) is 14.6. The van der Waals surface area contributed by atoms with Crippen molar-refractivity contribution in [1.82, 2.24) is 9.99 Å². The van der Waals surface area contributed by atoms with E-state index < -0.39 is 17.1 Å². The van der Waals surface area contributed by atoms with E-state index in [0.717, 1.165) is 10.6 Å². The summed E-state index contributed by atoms with van der Waals surface area (Å²) < 4.78 is 0. The van der Waals surface area contributed by atoms with Crippen LogP contribution >= 0.6 is 0 Å². The molecule has 1 amide bonds. The van der Waals surface area contributed by atoms with Crippen molar-refractivity contribution in [3.63, 3.8) is 0 Å². The first-order valence-electron chi connectivity index (χ1n) is 6.80. The van der Waals surface area contributed by atoms with Crippen LogP contribution in [0.3, 0.4) is 0 Å². The third-order valence-corrected chi connectivity index (χ3v) is 3.59. The number of benzene rings is 1. The van der Waals surface area contributed by atoms with Crippen LogP contribution in [0.4, 0.5) is 10.5 Å². The van der Waals surface area contributed by atoms with E-state index in [1.54, 1.807) is 36.7 Å². The van der Waals surface area contributed by atoms with Gasteiger partial charge in [0.05, 0.1) is 16.7 Å². The van der Waals surface area contributed by atoms with Crippen LogP contribution in [0.5, 0.6) is 0 Å². The van der Waals surface area contributed by atoms with E-state index in [2.05, 4.69) is 10.1 Å². The molecule has 0 saturated carbocycles. The highest BCUT2D eigenvalue weighted by molar-refractivity contribution is 6.02. The number of pyridine rings is 1.